The summed E-state index contributed by atoms with van der Waals surface area (Å²) in [5.74, 6) is -3.68. The molecule has 0 unspecified atom stereocenters. The number of aromatic amines is 1. The Morgan fingerprint density at radius 1 is 1.25 bits per heavy atom. The van der Waals surface area contributed by atoms with Gasteiger partial charge in [-0.3, -0.25) is 14.7 Å². The van der Waals surface area contributed by atoms with Crippen LogP contribution in [-0.4, -0.2) is 21.9 Å². The molecule has 9 heteroatoms. The fourth-order valence-corrected chi connectivity index (χ4v) is 2.87. The normalized spacial score (nSPS) is 10.4. The van der Waals surface area contributed by atoms with Gasteiger partial charge in [-0.25, -0.2) is 8.78 Å². The first-order chi connectivity index (χ1) is 13.3. The monoisotopic (exact) mass is 400 g/mol. The predicted octanol–water partition coefficient (Wildman–Crippen LogP) is 4.33. The zero-order valence-electron chi connectivity index (χ0n) is 14.3. The van der Waals surface area contributed by atoms with Gasteiger partial charge in [0.25, 0.3) is 5.91 Å². The number of hydrogen-bond acceptors (Lipinski definition) is 4. The van der Waals surface area contributed by atoms with E-state index >= 15 is 0 Å². The number of hydrogen-bond donors (Lipinski definition) is 2. The Labute approximate surface area is 162 Å². The molecule has 2 aromatic carbocycles. The van der Waals surface area contributed by atoms with Gasteiger partial charge in [0.15, 0.2) is 5.78 Å². The molecule has 0 fully saturated rings. The molecule has 0 spiro atoms. The highest BCUT2D eigenvalue weighted by Crippen LogP contribution is 2.32. The van der Waals surface area contributed by atoms with E-state index in [1.807, 2.05) is 6.07 Å². The number of rotatable bonds is 4. The summed E-state index contributed by atoms with van der Waals surface area (Å²) in [6.45, 7) is 1.09. The van der Waals surface area contributed by atoms with Crippen molar-refractivity contribution in [3.63, 3.8) is 0 Å². The molecule has 0 aliphatic heterocycles. The molecule has 28 heavy (non-hydrogen) atoms. The van der Waals surface area contributed by atoms with Crippen LogP contribution in [0.5, 0.6) is 0 Å². The van der Waals surface area contributed by atoms with Crippen LogP contribution in [0.3, 0.4) is 0 Å². The average Bonchev–Trinajstić information content (AvgIpc) is 3.15. The van der Waals surface area contributed by atoms with Crippen molar-refractivity contribution >= 4 is 29.0 Å². The Morgan fingerprint density at radius 3 is 2.61 bits per heavy atom. The number of aromatic nitrogens is 2. The molecule has 1 amide bonds. The summed E-state index contributed by atoms with van der Waals surface area (Å²) < 4.78 is 29.5. The quantitative estimate of drug-likeness (QED) is 0.636. The molecule has 1 heterocycles. The molecule has 0 atom stereocenters. The van der Waals surface area contributed by atoms with Crippen molar-refractivity contribution in [2.24, 2.45) is 0 Å². The van der Waals surface area contributed by atoms with E-state index < -0.39 is 34.5 Å². The van der Waals surface area contributed by atoms with Gasteiger partial charge in [-0.05, 0) is 37.3 Å². The van der Waals surface area contributed by atoms with Gasteiger partial charge < -0.3 is 5.32 Å². The SMILES string of the molecule is CC(=O)c1c(NC(=O)c2cc(C#N)ccc2Cl)cc(F)c(-c2ccn[nH]2)c1F. The maximum atomic E-state index is 14.9. The summed E-state index contributed by atoms with van der Waals surface area (Å²) in [5.41, 5.74) is -1.17. The lowest BCUT2D eigenvalue weighted by Crippen LogP contribution is -2.17. The van der Waals surface area contributed by atoms with Crippen LogP contribution < -0.4 is 5.32 Å². The minimum atomic E-state index is -1.14. The van der Waals surface area contributed by atoms with E-state index in [-0.39, 0.29) is 27.5 Å². The van der Waals surface area contributed by atoms with Gasteiger partial charge in [0.2, 0.25) is 0 Å². The Balaban J connectivity index is 2.09. The topological polar surface area (TPSA) is 98.6 Å². The summed E-state index contributed by atoms with van der Waals surface area (Å²) in [6.07, 6.45) is 1.31. The maximum Gasteiger partial charge on any atom is 0.257 e. The summed E-state index contributed by atoms with van der Waals surface area (Å²) in [6, 6.07) is 8.05. The number of nitrogens with zero attached hydrogens (tertiary/aromatic N) is 2. The number of carbonyl (C=O) groups is 2. The molecule has 0 radical (unpaired) electrons. The molecule has 0 aliphatic rings. The number of amides is 1. The number of benzene rings is 2. The number of nitrogens with one attached hydrogen (secondary N) is 2. The molecule has 0 bridgehead atoms. The van der Waals surface area contributed by atoms with E-state index in [0.29, 0.717) is 0 Å². The van der Waals surface area contributed by atoms with Crippen LogP contribution in [0.15, 0.2) is 36.5 Å². The van der Waals surface area contributed by atoms with Gasteiger partial charge in [-0.2, -0.15) is 10.4 Å². The second-order valence-corrected chi connectivity index (χ2v) is 6.16. The fourth-order valence-electron chi connectivity index (χ4n) is 2.66. The highest BCUT2D eigenvalue weighted by Gasteiger charge is 2.25. The summed E-state index contributed by atoms with van der Waals surface area (Å²) >= 11 is 5.98. The van der Waals surface area contributed by atoms with E-state index in [9.17, 15) is 18.4 Å². The number of H-pyrrole nitrogens is 1. The lowest BCUT2D eigenvalue weighted by molar-refractivity contribution is 0.101. The first kappa shape index (κ1) is 19.2. The molecular formula is C19H11ClF2N4O2. The van der Waals surface area contributed by atoms with Crippen molar-refractivity contribution in [1.29, 1.82) is 5.26 Å². The summed E-state index contributed by atoms with van der Waals surface area (Å²) in [5, 5.41) is 17.4. The zero-order valence-corrected chi connectivity index (χ0v) is 15.1. The van der Waals surface area contributed by atoms with Crippen molar-refractivity contribution < 1.29 is 18.4 Å². The Kier molecular flexibility index (Phi) is 5.20. The lowest BCUT2D eigenvalue weighted by atomic mass is 10.0. The van der Waals surface area contributed by atoms with Gasteiger partial charge in [0.05, 0.1) is 44.7 Å². The molecule has 0 saturated carbocycles. The zero-order chi connectivity index (χ0) is 20.4. The van der Waals surface area contributed by atoms with Crippen LogP contribution in [0.25, 0.3) is 11.3 Å². The highest BCUT2D eigenvalue weighted by molar-refractivity contribution is 6.34. The van der Waals surface area contributed by atoms with Crippen molar-refractivity contribution in [3.05, 3.63) is 69.9 Å². The third-order valence-corrected chi connectivity index (χ3v) is 4.26. The van der Waals surface area contributed by atoms with E-state index in [0.717, 1.165) is 13.0 Å². The minimum Gasteiger partial charge on any atom is -0.321 e. The molecule has 0 aliphatic carbocycles. The largest absolute Gasteiger partial charge is 0.321 e. The van der Waals surface area contributed by atoms with Gasteiger partial charge in [-0.15, -0.1) is 0 Å². The van der Waals surface area contributed by atoms with Crippen LogP contribution in [0, 0.1) is 23.0 Å². The van der Waals surface area contributed by atoms with E-state index in [1.54, 1.807) is 0 Å². The van der Waals surface area contributed by atoms with Crippen molar-refractivity contribution in [2.45, 2.75) is 6.92 Å². The first-order valence-corrected chi connectivity index (χ1v) is 8.25. The van der Waals surface area contributed by atoms with Gasteiger partial charge in [0, 0.05) is 6.20 Å². The Morgan fingerprint density at radius 2 is 2.00 bits per heavy atom. The third-order valence-electron chi connectivity index (χ3n) is 3.93. The first-order valence-electron chi connectivity index (χ1n) is 7.87. The molecule has 1 aromatic heterocycles. The fraction of sp³-hybridized carbons (Fsp3) is 0.0526. The van der Waals surface area contributed by atoms with Crippen LogP contribution in [-0.2, 0) is 0 Å². The molecule has 140 valence electrons. The van der Waals surface area contributed by atoms with Gasteiger partial charge in [-0.1, -0.05) is 11.6 Å². The van der Waals surface area contributed by atoms with Gasteiger partial charge in [0.1, 0.15) is 11.6 Å². The Bertz CT molecular complexity index is 1140. The number of Topliss-reactive ketones (excluding diaryl/α,β-unsaturated/α-hetero) is 1. The maximum absolute atomic E-state index is 14.9. The van der Waals surface area contributed by atoms with Crippen LogP contribution in [0.2, 0.25) is 5.02 Å². The number of carbonyl (C=O) groups excluding carboxylic acids is 2. The molecule has 6 nitrogen and oxygen atoms in total. The van der Waals surface area contributed by atoms with Gasteiger partial charge >= 0.3 is 0 Å². The molecule has 2 N–H and O–H groups in total. The highest BCUT2D eigenvalue weighted by atomic mass is 35.5. The summed E-state index contributed by atoms with van der Waals surface area (Å²) in [7, 11) is 0. The second kappa shape index (κ2) is 7.58. The van der Waals surface area contributed by atoms with E-state index in [1.165, 1.54) is 30.5 Å². The molecular weight excluding hydrogens is 390 g/mol. The van der Waals surface area contributed by atoms with E-state index in [2.05, 4.69) is 15.5 Å². The lowest BCUT2D eigenvalue weighted by Gasteiger charge is -2.14. The number of halogens is 3. The third kappa shape index (κ3) is 3.48. The van der Waals surface area contributed by atoms with Crippen LogP contribution in [0.1, 0.15) is 33.2 Å². The van der Waals surface area contributed by atoms with E-state index in [4.69, 9.17) is 16.9 Å². The second-order valence-electron chi connectivity index (χ2n) is 5.76. The number of nitriles is 1. The predicted molar refractivity (Wildman–Crippen MR) is 98.1 cm³/mol. The Hall–Kier alpha value is -3.57. The van der Waals surface area contributed by atoms with Crippen LogP contribution >= 0.6 is 11.6 Å². The number of anilines is 1. The van der Waals surface area contributed by atoms with Crippen molar-refractivity contribution in [1.82, 2.24) is 10.2 Å². The number of ketones is 1. The minimum absolute atomic E-state index is 0.0379. The average molecular weight is 401 g/mol. The smallest absolute Gasteiger partial charge is 0.257 e. The molecule has 3 rings (SSSR count). The van der Waals surface area contributed by atoms with Crippen molar-refractivity contribution in [2.75, 3.05) is 5.32 Å². The standard InChI is InChI=1S/C19H11ClF2N4O2/c1-9(27)16-15(7-13(21)17(18(16)22)14-4-5-24-26-14)25-19(28)11-6-10(8-23)2-3-12(11)20/h2-7H,1H3,(H,24,26)(H,25,28). The molecule has 3 aromatic rings. The van der Waals surface area contributed by atoms with Crippen molar-refractivity contribution in [3.8, 4) is 17.3 Å². The summed E-state index contributed by atoms with van der Waals surface area (Å²) in [4.78, 5) is 24.5. The van der Waals surface area contributed by atoms with Crippen LogP contribution in [0.4, 0.5) is 14.5 Å². The molecule has 0 saturated heterocycles.